The smallest absolute Gasteiger partial charge is 0.380 e. The average molecular weight is 555 g/mol. The molecule has 0 aliphatic carbocycles. The number of benzene rings is 2. The van der Waals surface area contributed by atoms with E-state index in [9.17, 15) is 9.18 Å². The van der Waals surface area contributed by atoms with Crippen LogP contribution in [0.2, 0.25) is 0 Å². The minimum Gasteiger partial charge on any atom is -0.495 e. The number of aryl methyl sites for hydroxylation is 1. The summed E-state index contributed by atoms with van der Waals surface area (Å²) in [4.78, 5) is 25.1. The van der Waals surface area contributed by atoms with Gasteiger partial charge in [0.25, 0.3) is 0 Å². The highest BCUT2D eigenvalue weighted by Crippen LogP contribution is 2.44. The third kappa shape index (κ3) is 3.95. The lowest BCUT2D eigenvalue weighted by Gasteiger charge is -2.38. The number of hydrogen-bond acceptors (Lipinski definition) is 7. The maximum absolute atomic E-state index is 13.8. The van der Waals surface area contributed by atoms with Crippen molar-refractivity contribution in [1.82, 2.24) is 14.5 Å². The monoisotopic (exact) mass is 554 g/mol. The molecule has 5 rings (SSSR count). The van der Waals surface area contributed by atoms with E-state index in [1.165, 1.54) is 25.3 Å². The molecule has 0 N–H and O–H groups in total. The van der Waals surface area contributed by atoms with Crippen molar-refractivity contribution in [2.45, 2.75) is 25.5 Å². The summed E-state index contributed by atoms with van der Waals surface area (Å²) in [6.45, 7) is 2.44. The first-order chi connectivity index (χ1) is 17.4. The van der Waals surface area contributed by atoms with Crippen LogP contribution in [0.15, 0.2) is 64.1 Å². The predicted molar refractivity (Wildman–Crippen MR) is 135 cm³/mol. The lowest BCUT2D eigenvalue weighted by Crippen LogP contribution is -2.54. The molecule has 1 unspecified atom stereocenters. The van der Waals surface area contributed by atoms with Gasteiger partial charge in [-0.05, 0) is 67.3 Å². The molecule has 3 heterocycles. The van der Waals surface area contributed by atoms with Gasteiger partial charge >= 0.3 is 11.7 Å². The first-order valence-corrected chi connectivity index (χ1v) is 12.1. The third-order valence-electron chi connectivity index (χ3n) is 6.31. The van der Waals surface area contributed by atoms with Crippen LogP contribution in [0.5, 0.6) is 5.75 Å². The number of fused-ring (bicyclic) bond motifs is 1. The van der Waals surface area contributed by atoms with E-state index in [0.29, 0.717) is 28.2 Å². The number of piperidine rings is 1. The normalized spacial score (nSPS) is 20.1. The van der Waals surface area contributed by atoms with E-state index in [1.807, 2.05) is 42.0 Å². The summed E-state index contributed by atoms with van der Waals surface area (Å²) >= 11 is 3.38. The highest BCUT2D eigenvalue weighted by molar-refractivity contribution is 9.10. The van der Waals surface area contributed by atoms with Crippen LogP contribution in [0.3, 0.4) is 0 Å². The molecular formula is C26H24BrFN4O4. The number of carbonyl (C=O) groups is 1. The van der Waals surface area contributed by atoms with Gasteiger partial charge in [-0.15, -0.1) is 0 Å². The van der Waals surface area contributed by atoms with E-state index < -0.39 is 17.5 Å². The molecule has 3 aromatic rings. The van der Waals surface area contributed by atoms with Crippen molar-refractivity contribution in [1.29, 1.82) is 0 Å². The molecule has 0 amide bonds. The molecular weight excluding hydrogens is 531 g/mol. The Hall–Kier alpha value is -3.66. The second-order valence-corrected chi connectivity index (χ2v) is 9.40. The molecule has 2 aliphatic heterocycles. The van der Waals surface area contributed by atoms with Gasteiger partial charge in [0.2, 0.25) is 0 Å². The molecule has 10 heteroatoms. The number of methoxy groups -OCH3 is 2. The van der Waals surface area contributed by atoms with Crippen LogP contribution in [0.4, 0.5) is 4.39 Å². The van der Waals surface area contributed by atoms with Crippen LogP contribution in [0, 0.1) is 12.7 Å². The molecule has 1 atom stereocenters. The van der Waals surface area contributed by atoms with Crippen LogP contribution in [0.25, 0.3) is 11.8 Å². The first kappa shape index (κ1) is 24.1. The van der Waals surface area contributed by atoms with Crippen molar-refractivity contribution >= 4 is 33.8 Å². The fourth-order valence-electron chi connectivity index (χ4n) is 4.63. The number of carbonyl (C=O) groups excluding carboxylic acids is 1. The number of nitrogens with zero attached hydrogens (tertiary/aromatic N) is 4. The van der Waals surface area contributed by atoms with Gasteiger partial charge < -0.3 is 23.8 Å². The Morgan fingerprint density at radius 2 is 2.08 bits per heavy atom. The summed E-state index contributed by atoms with van der Waals surface area (Å²) < 4.78 is 26.9. The van der Waals surface area contributed by atoms with Gasteiger partial charge in [-0.1, -0.05) is 27.2 Å². The van der Waals surface area contributed by atoms with Crippen molar-refractivity contribution < 1.29 is 23.5 Å². The van der Waals surface area contributed by atoms with Gasteiger partial charge in [0.15, 0.2) is 5.84 Å². The Morgan fingerprint density at radius 1 is 1.25 bits per heavy atom. The number of amidine groups is 1. The Labute approximate surface area is 216 Å². The van der Waals surface area contributed by atoms with Crippen LogP contribution >= 0.6 is 15.9 Å². The maximum atomic E-state index is 13.8. The first-order valence-electron chi connectivity index (χ1n) is 11.3. The minimum atomic E-state index is -1.66. The molecule has 36 heavy (non-hydrogen) atoms. The molecule has 1 fully saturated rings. The summed E-state index contributed by atoms with van der Waals surface area (Å²) in [7, 11) is 2.92. The average Bonchev–Trinajstić information content (AvgIpc) is 3.48. The fourth-order valence-corrected chi connectivity index (χ4v) is 5.25. The molecule has 0 radical (unpaired) electrons. The van der Waals surface area contributed by atoms with Crippen molar-refractivity contribution in [2.24, 2.45) is 5.16 Å². The lowest BCUT2D eigenvalue weighted by atomic mass is 9.94. The molecule has 1 saturated heterocycles. The zero-order valence-corrected chi connectivity index (χ0v) is 21.6. The lowest BCUT2D eigenvalue weighted by molar-refractivity contribution is -0.186. The number of oxime groups is 1. The summed E-state index contributed by atoms with van der Waals surface area (Å²) in [5, 5.41) is 4.32. The van der Waals surface area contributed by atoms with Gasteiger partial charge in [-0.25, -0.2) is 14.2 Å². The van der Waals surface area contributed by atoms with Crippen LogP contribution in [-0.2, 0) is 20.1 Å². The highest BCUT2D eigenvalue weighted by Gasteiger charge is 2.57. The second kappa shape index (κ2) is 9.42. The van der Waals surface area contributed by atoms with Gasteiger partial charge in [0.05, 0.1) is 31.9 Å². The second-order valence-electron chi connectivity index (χ2n) is 8.54. The molecule has 2 aromatic carbocycles. The van der Waals surface area contributed by atoms with Gasteiger partial charge in [0.1, 0.15) is 11.6 Å². The van der Waals surface area contributed by atoms with Crippen LogP contribution in [0.1, 0.15) is 29.7 Å². The van der Waals surface area contributed by atoms with E-state index in [2.05, 4.69) is 26.1 Å². The predicted octanol–water partition coefficient (Wildman–Crippen LogP) is 4.94. The Balaban J connectivity index is 1.52. The zero-order chi connectivity index (χ0) is 25.4. The van der Waals surface area contributed by atoms with Gasteiger partial charge in [0, 0.05) is 22.8 Å². The Morgan fingerprint density at radius 3 is 2.78 bits per heavy atom. The quantitative estimate of drug-likeness (QED) is 0.416. The fraction of sp³-hybridized carbons (Fsp3) is 0.269. The number of hydrogen-bond donors (Lipinski definition) is 0. The number of ether oxygens (including phenoxy) is 2. The highest BCUT2D eigenvalue weighted by atomic mass is 79.9. The van der Waals surface area contributed by atoms with E-state index >= 15 is 0 Å². The summed E-state index contributed by atoms with van der Waals surface area (Å²) in [6.07, 6.45) is 7.18. The Bertz CT molecular complexity index is 1400. The van der Waals surface area contributed by atoms with E-state index in [0.717, 1.165) is 35.4 Å². The molecule has 0 bridgehead atoms. The minimum absolute atomic E-state index is 0.385. The van der Waals surface area contributed by atoms with Crippen molar-refractivity contribution in [3.05, 3.63) is 81.6 Å². The number of imidazole rings is 1. The largest absolute Gasteiger partial charge is 0.495 e. The zero-order valence-electron chi connectivity index (χ0n) is 20.0. The van der Waals surface area contributed by atoms with E-state index in [1.54, 1.807) is 18.3 Å². The van der Waals surface area contributed by atoms with E-state index in [4.69, 9.17) is 14.3 Å². The number of aromatic nitrogens is 2. The number of rotatable bonds is 5. The topological polar surface area (TPSA) is 78.2 Å². The molecule has 8 nitrogen and oxygen atoms in total. The SMILES string of the molecule is COC(=O)C1(c2ccc(F)cc2Br)ON=C2/C(=C\c3ccc(-n4cnc(C)c4)c(OC)c3)CCCN21. The van der Waals surface area contributed by atoms with Crippen molar-refractivity contribution in [2.75, 3.05) is 20.8 Å². The van der Waals surface area contributed by atoms with Crippen molar-refractivity contribution in [3.8, 4) is 11.4 Å². The summed E-state index contributed by atoms with van der Waals surface area (Å²) in [6, 6.07) is 9.97. The van der Waals surface area contributed by atoms with Crippen LogP contribution < -0.4 is 4.74 Å². The molecule has 0 saturated carbocycles. The summed E-state index contributed by atoms with van der Waals surface area (Å²) in [5.41, 5.74) is 2.35. The maximum Gasteiger partial charge on any atom is 0.380 e. The standard InChI is InChI=1S/C26H24BrFN4O4/c1-16-14-31(15-29-16)22-9-6-17(12-23(22)34-2)11-18-5-4-10-32-24(18)30-36-26(32,25(33)35-3)20-8-7-19(28)13-21(20)27/h6-9,11-15H,4-5,10H2,1-3H3/b18-11-. The van der Waals surface area contributed by atoms with Gasteiger partial charge in [-0.2, -0.15) is 0 Å². The van der Waals surface area contributed by atoms with E-state index in [-0.39, 0.29) is 0 Å². The Kier molecular flexibility index (Phi) is 6.29. The molecule has 1 aromatic heterocycles. The number of esters is 1. The van der Waals surface area contributed by atoms with Gasteiger partial charge in [-0.3, -0.25) is 0 Å². The van der Waals surface area contributed by atoms with Crippen molar-refractivity contribution in [3.63, 3.8) is 0 Å². The number of halogens is 2. The summed E-state index contributed by atoms with van der Waals surface area (Å²) in [5.74, 6) is 0.151. The van der Waals surface area contributed by atoms with Crippen LogP contribution in [-0.4, -0.2) is 47.0 Å². The molecule has 0 spiro atoms. The molecule has 2 aliphatic rings. The molecule has 186 valence electrons. The third-order valence-corrected chi connectivity index (χ3v) is 6.96.